The van der Waals surface area contributed by atoms with E-state index in [1.165, 1.54) is 0 Å². The summed E-state index contributed by atoms with van der Waals surface area (Å²) in [6, 6.07) is 0. The minimum atomic E-state index is 0.0182. The highest BCUT2D eigenvalue weighted by Crippen LogP contribution is 2.22. The molecule has 6 nitrogen and oxygen atoms in total. The van der Waals surface area contributed by atoms with Crippen LogP contribution >= 0.6 is 0 Å². The number of H-pyrrole nitrogens is 1. The van der Waals surface area contributed by atoms with E-state index in [1.54, 1.807) is 24.9 Å². The minimum Gasteiger partial charge on any atom is -0.350 e. The third-order valence-electron chi connectivity index (χ3n) is 3.42. The first-order chi connectivity index (χ1) is 9.33. The van der Waals surface area contributed by atoms with Gasteiger partial charge < -0.3 is 10.3 Å². The molecule has 2 N–H and O–H groups in total. The van der Waals surface area contributed by atoms with E-state index in [-0.39, 0.29) is 11.8 Å². The van der Waals surface area contributed by atoms with Crippen molar-refractivity contribution in [3.8, 4) is 0 Å². The zero-order chi connectivity index (χ0) is 13.1. The molecule has 1 unspecified atom stereocenters. The molecule has 0 radical (unpaired) electrons. The van der Waals surface area contributed by atoms with Gasteiger partial charge in [0.05, 0.1) is 30.5 Å². The van der Waals surface area contributed by atoms with Crippen molar-refractivity contribution in [2.75, 3.05) is 0 Å². The molecule has 0 fully saturated rings. The Kier molecular flexibility index (Phi) is 3.22. The van der Waals surface area contributed by atoms with Crippen LogP contribution in [0.3, 0.4) is 0 Å². The Bertz CT molecular complexity index is 565. The summed E-state index contributed by atoms with van der Waals surface area (Å²) in [6.45, 7) is 0.430. The molecule has 19 heavy (non-hydrogen) atoms. The maximum absolute atomic E-state index is 12.1. The molecule has 0 saturated heterocycles. The van der Waals surface area contributed by atoms with Gasteiger partial charge in [0, 0.05) is 30.4 Å². The van der Waals surface area contributed by atoms with Gasteiger partial charge in [-0.1, -0.05) is 0 Å². The van der Waals surface area contributed by atoms with Crippen molar-refractivity contribution in [1.82, 2.24) is 25.3 Å². The van der Waals surface area contributed by atoms with Crippen molar-refractivity contribution >= 4 is 5.91 Å². The average Bonchev–Trinajstić information content (AvgIpc) is 2.93. The molecule has 0 spiro atoms. The lowest BCUT2D eigenvalue weighted by Gasteiger charge is -2.20. The average molecular weight is 257 g/mol. The zero-order valence-electron chi connectivity index (χ0n) is 10.5. The summed E-state index contributed by atoms with van der Waals surface area (Å²) in [5.74, 6) is 0.0931. The highest BCUT2D eigenvalue weighted by molar-refractivity contribution is 5.79. The number of aromatic nitrogens is 4. The van der Waals surface area contributed by atoms with E-state index in [0.717, 1.165) is 36.3 Å². The molecular formula is C13H15N5O. The van der Waals surface area contributed by atoms with Crippen LogP contribution in [-0.4, -0.2) is 25.8 Å². The van der Waals surface area contributed by atoms with Gasteiger partial charge in [0.1, 0.15) is 0 Å². The molecule has 1 aliphatic rings. The van der Waals surface area contributed by atoms with Crippen LogP contribution in [0.25, 0.3) is 0 Å². The van der Waals surface area contributed by atoms with E-state index in [2.05, 4.69) is 25.3 Å². The first kappa shape index (κ1) is 11.8. The largest absolute Gasteiger partial charge is 0.350 e. The summed E-state index contributed by atoms with van der Waals surface area (Å²) < 4.78 is 0. The summed E-state index contributed by atoms with van der Waals surface area (Å²) in [7, 11) is 0. The molecule has 0 aliphatic heterocycles. The molecule has 1 atom stereocenters. The van der Waals surface area contributed by atoms with Gasteiger partial charge in [0.2, 0.25) is 5.91 Å². The standard InChI is InChI=1S/C13H15N5O/c19-13(16-7-10-6-14-3-4-15-10)9-1-2-11-12(5-9)18-8-17-11/h3-4,6,8-9H,1-2,5,7H2,(H,16,19)(H,17,18). The molecule has 6 heteroatoms. The van der Waals surface area contributed by atoms with Gasteiger partial charge in [-0.3, -0.25) is 14.8 Å². The number of aromatic amines is 1. The fourth-order valence-electron chi connectivity index (χ4n) is 2.37. The van der Waals surface area contributed by atoms with E-state index >= 15 is 0 Å². The molecule has 2 heterocycles. The number of aryl methyl sites for hydroxylation is 1. The number of carbonyl (C=O) groups is 1. The highest BCUT2D eigenvalue weighted by Gasteiger charge is 2.25. The highest BCUT2D eigenvalue weighted by atomic mass is 16.1. The van der Waals surface area contributed by atoms with Crippen LogP contribution in [-0.2, 0) is 24.2 Å². The number of amides is 1. The van der Waals surface area contributed by atoms with Crippen molar-refractivity contribution in [3.05, 3.63) is 42.0 Å². The maximum Gasteiger partial charge on any atom is 0.223 e. The zero-order valence-corrected chi connectivity index (χ0v) is 10.5. The number of carbonyl (C=O) groups excluding carboxylic acids is 1. The lowest BCUT2D eigenvalue weighted by molar-refractivity contribution is -0.125. The van der Waals surface area contributed by atoms with E-state index < -0.39 is 0 Å². The second-order valence-electron chi connectivity index (χ2n) is 4.68. The van der Waals surface area contributed by atoms with Crippen molar-refractivity contribution < 1.29 is 4.79 Å². The van der Waals surface area contributed by atoms with Crippen LogP contribution in [0, 0.1) is 5.92 Å². The van der Waals surface area contributed by atoms with Crippen molar-refractivity contribution in [1.29, 1.82) is 0 Å². The third kappa shape index (κ3) is 2.62. The Morgan fingerprint density at radius 3 is 3.21 bits per heavy atom. The van der Waals surface area contributed by atoms with E-state index in [0.29, 0.717) is 6.54 Å². The first-order valence-electron chi connectivity index (χ1n) is 6.36. The summed E-state index contributed by atoms with van der Waals surface area (Å²) >= 11 is 0. The fraction of sp³-hybridized carbons (Fsp3) is 0.385. The molecule has 98 valence electrons. The number of hydrogen-bond donors (Lipinski definition) is 2. The van der Waals surface area contributed by atoms with Gasteiger partial charge in [-0.2, -0.15) is 0 Å². The van der Waals surface area contributed by atoms with E-state index in [9.17, 15) is 4.79 Å². The van der Waals surface area contributed by atoms with E-state index in [1.807, 2.05) is 0 Å². The van der Waals surface area contributed by atoms with Crippen LogP contribution in [0.5, 0.6) is 0 Å². The Morgan fingerprint density at radius 1 is 1.42 bits per heavy atom. The Labute approximate surface area is 110 Å². The van der Waals surface area contributed by atoms with Crippen LogP contribution in [0.2, 0.25) is 0 Å². The van der Waals surface area contributed by atoms with Gasteiger partial charge in [0.15, 0.2) is 0 Å². The monoisotopic (exact) mass is 257 g/mol. The summed E-state index contributed by atoms with van der Waals surface area (Å²) in [5, 5.41) is 2.92. The molecule has 1 amide bonds. The second-order valence-corrected chi connectivity index (χ2v) is 4.68. The lowest BCUT2D eigenvalue weighted by Crippen LogP contribution is -2.34. The maximum atomic E-state index is 12.1. The predicted molar refractivity (Wildman–Crippen MR) is 68.0 cm³/mol. The number of nitrogens with zero attached hydrogens (tertiary/aromatic N) is 3. The molecule has 2 aromatic rings. The first-order valence-corrected chi connectivity index (χ1v) is 6.36. The number of fused-ring (bicyclic) bond motifs is 1. The normalized spacial score (nSPS) is 17.8. The molecule has 0 bridgehead atoms. The van der Waals surface area contributed by atoms with E-state index in [4.69, 9.17) is 0 Å². The fourth-order valence-corrected chi connectivity index (χ4v) is 2.37. The van der Waals surface area contributed by atoms with Gasteiger partial charge in [-0.05, 0) is 12.8 Å². The third-order valence-corrected chi connectivity index (χ3v) is 3.42. The topological polar surface area (TPSA) is 83.6 Å². The SMILES string of the molecule is O=C(NCc1cnccn1)C1CCc2nc[nH]c2C1. The molecule has 0 saturated carbocycles. The quantitative estimate of drug-likeness (QED) is 0.844. The molecule has 1 aliphatic carbocycles. The summed E-state index contributed by atoms with van der Waals surface area (Å²) in [5.41, 5.74) is 2.96. The van der Waals surface area contributed by atoms with Gasteiger partial charge in [-0.15, -0.1) is 0 Å². The van der Waals surface area contributed by atoms with Gasteiger partial charge >= 0.3 is 0 Å². The second kappa shape index (κ2) is 5.17. The number of imidazole rings is 1. The van der Waals surface area contributed by atoms with Crippen LogP contribution in [0.1, 0.15) is 23.5 Å². The van der Waals surface area contributed by atoms with Crippen LogP contribution < -0.4 is 5.32 Å². The number of nitrogens with one attached hydrogen (secondary N) is 2. The lowest BCUT2D eigenvalue weighted by atomic mass is 9.89. The van der Waals surface area contributed by atoms with Gasteiger partial charge in [-0.25, -0.2) is 4.98 Å². The smallest absolute Gasteiger partial charge is 0.223 e. The van der Waals surface area contributed by atoms with Crippen LogP contribution in [0.15, 0.2) is 24.9 Å². The molecule has 2 aromatic heterocycles. The van der Waals surface area contributed by atoms with Crippen LogP contribution in [0.4, 0.5) is 0 Å². The van der Waals surface area contributed by atoms with Gasteiger partial charge in [0.25, 0.3) is 0 Å². The van der Waals surface area contributed by atoms with Crippen molar-refractivity contribution in [3.63, 3.8) is 0 Å². The molecular weight excluding hydrogens is 242 g/mol. The molecule has 0 aromatic carbocycles. The summed E-state index contributed by atoms with van der Waals surface area (Å²) in [4.78, 5) is 27.6. The molecule has 3 rings (SSSR count). The number of hydrogen-bond acceptors (Lipinski definition) is 4. The van der Waals surface area contributed by atoms with Crippen molar-refractivity contribution in [2.45, 2.75) is 25.8 Å². The Hall–Kier alpha value is -2.24. The summed E-state index contributed by atoms with van der Waals surface area (Å²) in [6.07, 6.45) is 9.05. The van der Waals surface area contributed by atoms with Crippen molar-refractivity contribution in [2.24, 2.45) is 5.92 Å². The Morgan fingerprint density at radius 2 is 2.37 bits per heavy atom. The number of rotatable bonds is 3. The predicted octanol–water partition coefficient (Wildman–Crippen LogP) is 0.621. The Balaban J connectivity index is 1.57. The minimum absolute atomic E-state index is 0.0182.